The third-order valence-electron chi connectivity index (χ3n) is 8.21. The molecule has 0 aliphatic carbocycles. The highest BCUT2D eigenvalue weighted by atomic mass is 32.1. The molecule has 0 aliphatic rings. The number of oxazole rings is 1. The lowest BCUT2D eigenvalue weighted by Gasteiger charge is -2.16. The summed E-state index contributed by atoms with van der Waals surface area (Å²) in [5.41, 5.74) is 10.5. The van der Waals surface area contributed by atoms with Gasteiger partial charge in [-0.15, -0.1) is 4.40 Å². The number of nitrogens with zero attached hydrogens (tertiary/aromatic N) is 3. The molecule has 1 unspecified atom stereocenters. The van der Waals surface area contributed by atoms with Crippen LogP contribution < -0.4 is 13.5 Å². The van der Waals surface area contributed by atoms with Gasteiger partial charge < -0.3 is 4.42 Å². The molecule has 4 aromatic heterocycles. The summed E-state index contributed by atoms with van der Waals surface area (Å²) in [5.74, 6) is 0. The van der Waals surface area contributed by atoms with Crippen LogP contribution in [0.4, 0.5) is 0 Å². The zero-order valence-electron chi connectivity index (χ0n) is 22.9. The Morgan fingerprint density at radius 1 is 0.683 bits per heavy atom. The fourth-order valence-electron chi connectivity index (χ4n) is 6.35. The smallest absolute Gasteiger partial charge is 0.389 e. The maximum Gasteiger partial charge on any atom is 0.442 e. The van der Waals surface area contributed by atoms with Crippen LogP contribution in [0.3, 0.4) is 0 Å². The third kappa shape index (κ3) is 3.70. The van der Waals surface area contributed by atoms with Crippen molar-refractivity contribution >= 4 is 49.3 Å². The molecular weight excluding hydrogens is 522 g/mol. The van der Waals surface area contributed by atoms with Crippen molar-refractivity contribution in [2.75, 3.05) is 0 Å². The molecule has 196 valence electrons. The number of para-hydroxylation sites is 2. The van der Waals surface area contributed by atoms with Gasteiger partial charge in [-0.1, -0.05) is 60.7 Å². The molecular formula is C36H28N3OS+3. The molecule has 0 fully saturated rings. The van der Waals surface area contributed by atoms with E-state index in [-0.39, 0.29) is 6.04 Å². The molecule has 5 heteroatoms. The first-order valence-corrected chi connectivity index (χ1v) is 14.7. The summed E-state index contributed by atoms with van der Waals surface area (Å²) in [5, 5.41) is 5.57. The Morgan fingerprint density at radius 3 is 2.24 bits per heavy atom. The number of aromatic nitrogens is 3. The van der Waals surface area contributed by atoms with Gasteiger partial charge in [0.2, 0.25) is 5.58 Å². The van der Waals surface area contributed by atoms with Gasteiger partial charge in [0, 0.05) is 23.8 Å². The minimum atomic E-state index is -0.125. The Labute approximate surface area is 241 Å². The standard InChI is InChI=1S/C36H28N3OS/c1-24-11-3-4-14-27(24)28-15-5-6-16-29(28)35(31-23-41-36-39(31)30-17-7-8-18-32(30)40-36)38-22-10-13-26-20-19-25-12-9-21-37(2)33(25)34(26)38/h3-23,35H,1-2H3/q+3. The Bertz CT molecular complexity index is 2260. The van der Waals surface area contributed by atoms with E-state index >= 15 is 0 Å². The third-order valence-corrected chi connectivity index (χ3v) is 9.03. The van der Waals surface area contributed by atoms with Gasteiger partial charge in [-0.05, 0) is 65.3 Å². The van der Waals surface area contributed by atoms with Crippen LogP contribution in [0.5, 0.6) is 0 Å². The van der Waals surface area contributed by atoms with E-state index in [4.69, 9.17) is 4.42 Å². The Kier molecular flexibility index (Phi) is 5.47. The molecule has 0 amide bonds. The molecule has 0 spiro atoms. The Balaban J connectivity index is 1.54. The number of fused-ring (bicyclic) bond motifs is 6. The van der Waals surface area contributed by atoms with Gasteiger partial charge >= 0.3 is 5.03 Å². The molecule has 1 atom stereocenters. The summed E-state index contributed by atoms with van der Waals surface area (Å²) in [7, 11) is 2.14. The SMILES string of the molecule is Cc1ccccc1-c1ccccc1C(c1csc2oc3ccccc3[n+]12)[n+]1cccc2ccc3ccc[n+](C)c3c21. The fourth-order valence-corrected chi connectivity index (χ4v) is 7.25. The van der Waals surface area contributed by atoms with Crippen LogP contribution in [-0.4, -0.2) is 0 Å². The predicted molar refractivity (Wildman–Crippen MR) is 164 cm³/mol. The van der Waals surface area contributed by atoms with E-state index in [0.29, 0.717) is 0 Å². The van der Waals surface area contributed by atoms with E-state index in [2.05, 4.69) is 142 Å². The average molecular weight is 551 g/mol. The largest absolute Gasteiger partial charge is 0.442 e. The molecule has 8 rings (SSSR count). The second kappa shape index (κ2) is 9.36. The second-order valence-corrected chi connectivity index (χ2v) is 11.4. The number of benzene rings is 4. The molecule has 0 aliphatic heterocycles. The topological polar surface area (TPSA) is 25.0 Å². The highest BCUT2D eigenvalue weighted by Gasteiger charge is 2.40. The van der Waals surface area contributed by atoms with Gasteiger partial charge in [0.25, 0.3) is 28.3 Å². The van der Waals surface area contributed by atoms with E-state index in [1.165, 1.54) is 49.8 Å². The minimum Gasteiger partial charge on any atom is -0.389 e. The highest BCUT2D eigenvalue weighted by Crippen LogP contribution is 2.35. The summed E-state index contributed by atoms with van der Waals surface area (Å²) in [4.78, 5) is 0. The molecule has 0 radical (unpaired) electrons. The fraction of sp³-hybridized carbons (Fsp3) is 0.0833. The van der Waals surface area contributed by atoms with Crippen molar-refractivity contribution in [2.24, 2.45) is 7.05 Å². The lowest BCUT2D eigenvalue weighted by Crippen LogP contribution is -2.46. The number of thiazole rings is 1. The molecule has 8 aromatic rings. The highest BCUT2D eigenvalue weighted by molar-refractivity contribution is 7.14. The number of hydrogen-bond acceptors (Lipinski definition) is 2. The Hall–Kier alpha value is -4.87. The number of rotatable bonds is 4. The first kappa shape index (κ1) is 24.0. The molecule has 41 heavy (non-hydrogen) atoms. The summed E-state index contributed by atoms with van der Waals surface area (Å²) in [6.07, 6.45) is 4.37. The van der Waals surface area contributed by atoms with Crippen LogP contribution in [0.25, 0.3) is 49.1 Å². The van der Waals surface area contributed by atoms with E-state index in [1.807, 2.05) is 12.1 Å². The van der Waals surface area contributed by atoms with Crippen molar-refractivity contribution in [3.8, 4) is 11.1 Å². The zero-order chi connectivity index (χ0) is 27.5. The normalized spacial score (nSPS) is 12.5. The van der Waals surface area contributed by atoms with Crippen molar-refractivity contribution in [1.82, 2.24) is 0 Å². The van der Waals surface area contributed by atoms with Crippen LogP contribution in [0, 0.1) is 6.92 Å². The van der Waals surface area contributed by atoms with Crippen molar-refractivity contribution in [3.63, 3.8) is 0 Å². The quantitative estimate of drug-likeness (QED) is 0.167. The van der Waals surface area contributed by atoms with Crippen LogP contribution in [0.2, 0.25) is 0 Å². The van der Waals surface area contributed by atoms with Gasteiger partial charge in [0.15, 0.2) is 12.4 Å². The van der Waals surface area contributed by atoms with Crippen molar-refractivity contribution in [3.05, 3.63) is 144 Å². The molecule has 4 heterocycles. The first-order chi connectivity index (χ1) is 20.2. The molecule has 4 aromatic carbocycles. The maximum atomic E-state index is 6.33. The summed E-state index contributed by atoms with van der Waals surface area (Å²) < 4.78 is 13.3. The van der Waals surface area contributed by atoms with E-state index in [0.717, 1.165) is 16.1 Å². The number of aryl methyl sites for hydroxylation is 2. The maximum absolute atomic E-state index is 6.33. The van der Waals surface area contributed by atoms with Crippen LogP contribution >= 0.6 is 11.3 Å². The lowest BCUT2D eigenvalue weighted by atomic mass is 9.90. The summed E-state index contributed by atoms with van der Waals surface area (Å²) >= 11 is 1.65. The Morgan fingerprint density at radius 2 is 1.39 bits per heavy atom. The molecule has 0 N–H and O–H groups in total. The van der Waals surface area contributed by atoms with E-state index in [9.17, 15) is 0 Å². The van der Waals surface area contributed by atoms with E-state index < -0.39 is 0 Å². The summed E-state index contributed by atoms with van der Waals surface area (Å²) in [6.45, 7) is 2.20. The average Bonchev–Trinajstić information content (AvgIpc) is 3.58. The zero-order valence-corrected chi connectivity index (χ0v) is 23.7. The van der Waals surface area contributed by atoms with Crippen LogP contribution in [0.1, 0.15) is 22.9 Å². The molecule has 0 bridgehead atoms. The predicted octanol–water partition coefficient (Wildman–Crippen LogP) is 7.26. The van der Waals surface area contributed by atoms with Crippen molar-refractivity contribution < 1.29 is 18.0 Å². The first-order valence-electron chi connectivity index (χ1n) is 13.9. The van der Waals surface area contributed by atoms with Crippen molar-refractivity contribution in [1.29, 1.82) is 0 Å². The van der Waals surface area contributed by atoms with Gasteiger partial charge in [-0.25, -0.2) is 0 Å². The molecule has 0 saturated heterocycles. The minimum absolute atomic E-state index is 0.125. The molecule has 0 saturated carbocycles. The summed E-state index contributed by atoms with van der Waals surface area (Å²) in [6, 6.07) is 38.9. The van der Waals surface area contributed by atoms with E-state index in [1.54, 1.807) is 11.3 Å². The molecule has 4 nitrogen and oxygen atoms in total. The van der Waals surface area contributed by atoms with Gasteiger partial charge in [0.1, 0.15) is 7.05 Å². The lowest BCUT2D eigenvalue weighted by molar-refractivity contribution is -0.701. The number of hydrogen-bond donors (Lipinski definition) is 0. The van der Waals surface area contributed by atoms with Gasteiger partial charge in [-0.3, -0.25) is 0 Å². The number of pyridine rings is 2. The van der Waals surface area contributed by atoms with Crippen LogP contribution in [-0.2, 0) is 7.05 Å². The van der Waals surface area contributed by atoms with Gasteiger partial charge in [-0.2, -0.15) is 9.13 Å². The monoisotopic (exact) mass is 550 g/mol. The van der Waals surface area contributed by atoms with Gasteiger partial charge in [0.05, 0.1) is 16.2 Å². The van der Waals surface area contributed by atoms with Crippen molar-refractivity contribution in [2.45, 2.75) is 13.0 Å². The van der Waals surface area contributed by atoms with Crippen LogP contribution in [0.15, 0.2) is 131 Å². The second-order valence-electron chi connectivity index (χ2n) is 10.6.